The van der Waals surface area contributed by atoms with Gasteiger partial charge in [-0.05, 0) is 6.07 Å². The van der Waals surface area contributed by atoms with E-state index in [1.165, 1.54) is 0 Å². The second kappa shape index (κ2) is 4.53. The molecule has 0 aliphatic rings. The molecule has 0 N–H and O–H groups in total. The van der Waals surface area contributed by atoms with Crippen molar-refractivity contribution in [1.82, 2.24) is 4.98 Å². The quantitative estimate of drug-likeness (QED) is 0.587. The van der Waals surface area contributed by atoms with E-state index in [2.05, 4.69) is 9.72 Å². The Balaban J connectivity index is 3.37. The van der Waals surface area contributed by atoms with Gasteiger partial charge in [-0.15, -0.1) is 13.2 Å². The summed E-state index contributed by atoms with van der Waals surface area (Å²) in [5.41, 5.74) is -2.80. The zero-order chi connectivity index (χ0) is 14.1. The molecule has 0 unspecified atom stereocenters. The first-order valence-corrected chi connectivity index (χ1v) is 4.36. The molecule has 0 fully saturated rings. The van der Waals surface area contributed by atoms with Gasteiger partial charge in [-0.1, -0.05) is 11.6 Å². The topological polar surface area (TPSA) is 45.9 Å². The Labute approximate surface area is 101 Å². The van der Waals surface area contributed by atoms with Crippen LogP contribution >= 0.6 is 11.6 Å². The molecule has 1 heterocycles. The summed E-state index contributed by atoms with van der Waals surface area (Å²) in [7, 11) is 0. The van der Waals surface area contributed by atoms with E-state index in [1.54, 1.807) is 0 Å². The number of ether oxygens (including phenoxy) is 1. The van der Waals surface area contributed by atoms with E-state index >= 15 is 0 Å². The zero-order valence-corrected chi connectivity index (χ0v) is 8.78. The molecule has 0 bridgehead atoms. The Bertz CT molecular complexity index is 504. The van der Waals surface area contributed by atoms with Crippen LogP contribution in [0.25, 0.3) is 0 Å². The third-order valence-electron chi connectivity index (χ3n) is 1.58. The SMILES string of the molecule is N#Cc1nc(Cl)c(OC(F)(F)F)cc1C(F)(F)F. The van der Waals surface area contributed by atoms with Crippen LogP contribution in [0.3, 0.4) is 0 Å². The standard InChI is InChI=1S/C8HClF6N2O/c9-6-5(18-8(13,14)15)1-3(7(10,11)12)4(2-16)17-6/h1H. The highest BCUT2D eigenvalue weighted by Crippen LogP contribution is 2.37. The van der Waals surface area contributed by atoms with E-state index in [4.69, 9.17) is 16.9 Å². The van der Waals surface area contributed by atoms with E-state index < -0.39 is 34.7 Å². The molecular formula is C8HClF6N2O. The Morgan fingerprint density at radius 2 is 1.78 bits per heavy atom. The predicted octanol–water partition coefficient (Wildman–Crippen LogP) is 3.52. The molecule has 10 heteroatoms. The minimum Gasteiger partial charge on any atom is -0.402 e. The summed E-state index contributed by atoms with van der Waals surface area (Å²) in [5.74, 6) is -1.32. The molecule has 3 nitrogen and oxygen atoms in total. The Morgan fingerprint density at radius 3 is 2.17 bits per heavy atom. The van der Waals surface area contributed by atoms with Crippen LogP contribution in [-0.2, 0) is 6.18 Å². The largest absolute Gasteiger partial charge is 0.573 e. The minimum absolute atomic E-state index is 0.0264. The normalized spacial score (nSPS) is 12.1. The fourth-order valence-corrected chi connectivity index (χ4v) is 1.15. The summed E-state index contributed by atoms with van der Waals surface area (Å²) in [6.45, 7) is 0. The van der Waals surface area contributed by atoms with Gasteiger partial charge in [-0.25, -0.2) is 4.98 Å². The van der Waals surface area contributed by atoms with Crippen molar-refractivity contribution in [2.24, 2.45) is 0 Å². The van der Waals surface area contributed by atoms with E-state index in [1.807, 2.05) is 0 Å². The van der Waals surface area contributed by atoms with Gasteiger partial charge in [-0.2, -0.15) is 18.4 Å². The molecule has 0 spiro atoms. The first kappa shape index (κ1) is 14.4. The lowest BCUT2D eigenvalue weighted by molar-refractivity contribution is -0.274. The molecule has 0 aromatic carbocycles. The van der Waals surface area contributed by atoms with Crippen LogP contribution in [0.4, 0.5) is 26.3 Å². The molecule has 1 aromatic rings. The number of alkyl halides is 6. The molecule has 1 aromatic heterocycles. The minimum atomic E-state index is -5.22. The van der Waals surface area contributed by atoms with Crippen LogP contribution in [0.15, 0.2) is 6.07 Å². The number of nitriles is 1. The van der Waals surface area contributed by atoms with Crippen LogP contribution in [0, 0.1) is 11.3 Å². The fourth-order valence-electron chi connectivity index (χ4n) is 0.970. The maximum Gasteiger partial charge on any atom is 0.573 e. The summed E-state index contributed by atoms with van der Waals surface area (Å²) in [6, 6.07) is 1.05. The third-order valence-corrected chi connectivity index (χ3v) is 1.85. The van der Waals surface area contributed by atoms with Gasteiger partial charge in [0.05, 0.1) is 5.56 Å². The average molecular weight is 291 g/mol. The molecule has 0 amide bonds. The smallest absolute Gasteiger partial charge is 0.402 e. The molecular weight excluding hydrogens is 290 g/mol. The molecule has 18 heavy (non-hydrogen) atoms. The fraction of sp³-hybridized carbons (Fsp3) is 0.250. The van der Waals surface area contributed by atoms with Crippen LogP contribution in [0.2, 0.25) is 5.15 Å². The van der Waals surface area contributed by atoms with Crippen molar-refractivity contribution in [3.8, 4) is 11.8 Å². The highest BCUT2D eigenvalue weighted by atomic mass is 35.5. The van der Waals surface area contributed by atoms with Crippen molar-refractivity contribution in [3.63, 3.8) is 0 Å². The molecule has 0 saturated carbocycles. The van der Waals surface area contributed by atoms with Gasteiger partial charge in [0.2, 0.25) is 0 Å². The van der Waals surface area contributed by atoms with Gasteiger partial charge in [0, 0.05) is 0 Å². The van der Waals surface area contributed by atoms with Gasteiger partial charge in [0.15, 0.2) is 16.6 Å². The summed E-state index contributed by atoms with van der Waals surface area (Å²) in [5, 5.41) is 7.41. The van der Waals surface area contributed by atoms with Crippen molar-refractivity contribution in [2.45, 2.75) is 12.5 Å². The van der Waals surface area contributed by atoms with E-state index in [0.29, 0.717) is 0 Å². The number of hydrogen-bond acceptors (Lipinski definition) is 3. The monoisotopic (exact) mass is 290 g/mol. The van der Waals surface area contributed by atoms with E-state index in [9.17, 15) is 26.3 Å². The highest BCUT2D eigenvalue weighted by Gasteiger charge is 2.38. The molecule has 0 aliphatic carbocycles. The first-order valence-electron chi connectivity index (χ1n) is 3.98. The maximum atomic E-state index is 12.4. The third kappa shape index (κ3) is 3.40. The van der Waals surface area contributed by atoms with E-state index in [0.717, 1.165) is 6.07 Å². The molecule has 0 saturated heterocycles. The van der Waals surface area contributed by atoms with Crippen molar-refractivity contribution < 1.29 is 31.1 Å². The van der Waals surface area contributed by atoms with Crippen molar-refractivity contribution in [2.75, 3.05) is 0 Å². The van der Waals surface area contributed by atoms with E-state index in [-0.39, 0.29) is 6.07 Å². The number of pyridine rings is 1. The summed E-state index contributed by atoms with van der Waals surface area (Å²) >= 11 is 5.18. The predicted molar refractivity (Wildman–Crippen MR) is 45.6 cm³/mol. The highest BCUT2D eigenvalue weighted by molar-refractivity contribution is 6.30. The number of hydrogen-bond donors (Lipinski definition) is 0. The second-order valence-corrected chi connectivity index (χ2v) is 3.19. The van der Waals surface area contributed by atoms with Crippen molar-refractivity contribution in [3.05, 3.63) is 22.5 Å². The van der Waals surface area contributed by atoms with Gasteiger partial charge in [0.25, 0.3) is 0 Å². The number of rotatable bonds is 1. The Hall–Kier alpha value is -1.69. The lowest BCUT2D eigenvalue weighted by Crippen LogP contribution is -2.19. The van der Waals surface area contributed by atoms with Crippen molar-refractivity contribution in [1.29, 1.82) is 5.26 Å². The molecule has 0 aliphatic heterocycles. The Kier molecular flexibility index (Phi) is 3.62. The summed E-state index contributed by atoms with van der Waals surface area (Å²) < 4.78 is 76.1. The van der Waals surface area contributed by atoms with Crippen LogP contribution < -0.4 is 4.74 Å². The maximum absolute atomic E-state index is 12.4. The van der Waals surface area contributed by atoms with Gasteiger partial charge in [-0.3, -0.25) is 0 Å². The zero-order valence-electron chi connectivity index (χ0n) is 8.03. The number of aromatic nitrogens is 1. The summed E-state index contributed by atoms with van der Waals surface area (Å²) in [6.07, 6.45) is -10.3. The van der Waals surface area contributed by atoms with Crippen LogP contribution in [0.1, 0.15) is 11.3 Å². The number of halogens is 7. The van der Waals surface area contributed by atoms with Gasteiger partial charge in [0.1, 0.15) is 6.07 Å². The molecule has 98 valence electrons. The molecule has 1 rings (SSSR count). The first-order chi connectivity index (χ1) is 8.04. The van der Waals surface area contributed by atoms with Crippen molar-refractivity contribution >= 4 is 11.6 Å². The van der Waals surface area contributed by atoms with Gasteiger partial charge < -0.3 is 4.74 Å². The van der Waals surface area contributed by atoms with Crippen LogP contribution in [0.5, 0.6) is 5.75 Å². The Morgan fingerprint density at radius 1 is 1.22 bits per heavy atom. The average Bonchev–Trinajstić information content (AvgIpc) is 2.16. The second-order valence-electron chi connectivity index (χ2n) is 2.83. The molecule has 0 atom stereocenters. The number of nitrogens with zero attached hydrogens (tertiary/aromatic N) is 2. The lowest BCUT2D eigenvalue weighted by Gasteiger charge is -2.13. The van der Waals surface area contributed by atoms with Crippen LogP contribution in [-0.4, -0.2) is 11.3 Å². The van der Waals surface area contributed by atoms with Gasteiger partial charge >= 0.3 is 12.5 Å². The summed E-state index contributed by atoms with van der Waals surface area (Å²) in [4.78, 5) is 2.90. The molecule has 0 radical (unpaired) electrons. The lowest BCUT2D eigenvalue weighted by atomic mass is 10.2.